The SMILES string of the molecule is CCc1ccc2c(c1)[C@]1(Oc3c(OC)cccc3[C@H]3CC(c4ccc(F)cc4)=NN31)C(=O)N2. The first kappa shape index (κ1) is 19.8. The van der Waals surface area contributed by atoms with Gasteiger partial charge in [-0.2, -0.15) is 5.10 Å². The smallest absolute Gasteiger partial charge is 0.306 e. The molecule has 33 heavy (non-hydrogen) atoms. The largest absolute Gasteiger partial charge is 0.493 e. The van der Waals surface area contributed by atoms with Crippen LogP contribution in [-0.2, 0) is 16.9 Å². The summed E-state index contributed by atoms with van der Waals surface area (Å²) in [5, 5.41) is 9.66. The van der Waals surface area contributed by atoms with Gasteiger partial charge < -0.3 is 14.8 Å². The molecule has 0 aromatic heterocycles. The molecule has 0 saturated heterocycles. The zero-order valence-corrected chi connectivity index (χ0v) is 18.3. The molecule has 0 unspecified atom stereocenters. The summed E-state index contributed by atoms with van der Waals surface area (Å²) >= 11 is 0. The number of hydrazone groups is 1. The number of rotatable bonds is 3. The summed E-state index contributed by atoms with van der Waals surface area (Å²) in [6.45, 7) is 2.07. The molecular formula is C26H22FN3O3. The Morgan fingerprint density at radius 3 is 2.79 bits per heavy atom. The van der Waals surface area contributed by atoms with Crippen molar-refractivity contribution in [2.75, 3.05) is 12.4 Å². The highest BCUT2D eigenvalue weighted by Gasteiger charge is 2.61. The van der Waals surface area contributed by atoms with Gasteiger partial charge in [0.05, 0.1) is 30.1 Å². The van der Waals surface area contributed by atoms with Crippen LogP contribution in [0.3, 0.4) is 0 Å². The molecule has 3 aromatic rings. The van der Waals surface area contributed by atoms with Crippen LogP contribution in [0.1, 0.15) is 41.6 Å². The van der Waals surface area contributed by atoms with Gasteiger partial charge in [0.1, 0.15) is 5.82 Å². The van der Waals surface area contributed by atoms with Gasteiger partial charge >= 0.3 is 5.72 Å². The zero-order valence-electron chi connectivity index (χ0n) is 18.3. The number of nitrogens with zero attached hydrogens (tertiary/aromatic N) is 2. The number of hydrogen-bond acceptors (Lipinski definition) is 5. The normalized spacial score (nSPS) is 22.3. The van der Waals surface area contributed by atoms with E-state index in [1.54, 1.807) is 24.3 Å². The standard InChI is InChI=1S/C26H22FN3O3/c1-3-15-7-12-20-19(13-15)26(25(31)28-20)30-22(18-5-4-6-23(32-2)24(18)33-26)14-21(29-30)16-8-10-17(27)11-9-16/h4-13,22H,3,14H2,1-2H3,(H,28,31)/t22-,26+/m1/s1. The molecule has 0 bridgehead atoms. The number of amides is 1. The molecular weight excluding hydrogens is 421 g/mol. The van der Waals surface area contributed by atoms with Crippen LogP contribution in [-0.4, -0.2) is 23.7 Å². The third-order valence-corrected chi connectivity index (χ3v) is 6.66. The third kappa shape index (κ3) is 2.71. The first-order valence-electron chi connectivity index (χ1n) is 11.0. The summed E-state index contributed by atoms with van der Waals surface area (Å²) in [5.41, 5.74) is 3.55. The van der Waals surface area contributed by atoms with Crippen LogP contribution >= 0.6 is 0 Å². The molecule has 7 heteroatoms. The highest BCUT2D eigenvalue weighted by Crippen LogP contribution is 2.56. The summed E-state index contributed by atoms with van der Waals surface area (Å²) in [4.78, 5) is 13.6. The first-order chi connectivity index (χ1) is 16.0. The van der Waals surface area contributed by atoms with E-state index in [-0.39, 0.29) is 17.8 Å². The van der Waals surface area contributed by atoms with E-state index in [2.05, 4.69) is 12.2 Å². The Morgan fingerprint density at radius 1 is 1.21 bits per heavy atom. The van der Waals surface area contributed by atoms with E-state index in [9.17, 15) is 9.18 Å². The molecule has 6 rings (SSSR count). The van der Waals surface area contributed by atoms with Gasteiger partial charge in [-0.3, -0.25) is 4.79 Å². The van der Waals surface area contributed by atoms with E-state index in [1.807, 2.05) is 36.4 Å². The minimum absolute atomic E-state index is 0.245. The number of halogens is 1. The number of para-hydroxylation sites is 1. The van der Waals surface area contributed by atoms with Gasteiger partial charge in [0.15, 0.2) is 11.5 Å². The zero-order chi connectivity index (χ0) is 22.7. The molecule has 0 fully saturated rings. The summed E-state index contributed by atoms with van der Waals surface area (Å²) in [6.07, 6.45) is 1.37. The third-order valence-electron chi connectivity index (χ3n) is 6.66. The number of aryl methyl sites for hydroxylation is 1. The Bertz CT molecular complexity index is 1320. The lowest BCUT2D eigenvalue weighted by atomic mass is 9.91. The Morgan fingerprint density at radius 2 is 2.03 bits per heavy atom. The Kier molecular flexibility index (Phi) is 4.24. The molecule has 1 N–H and O–H groups in total. The van der Waals surface area contributed by atoms with Crippen molar-refractivity contribution in [3.63, 3.8) is 0 Å². The van der Waals surface area contributed by atoms with Crippen molar-refractivity contribution in [2.24, 2.45) is 5.10 Å². The van der Waals surface area contributed by atoms with Crippen molar-refractivity contribution in [1.82, 2.24) is 5.01 Å². The van der Waals surface area contributed by atoms with Crippen LogP contribution in [0.5, 0.6) is 11.5 Å². The van der Waals surface area contributed by atoms with Crippen LogP contribution < -0.4 is 14.8 Å². The maximum atomic E-state index is 13.6. The number of ether oxygens (including phenoxy) is 2. The fourth-order valence-corrected chi connectivity index (χ4v) is 4.98. The topological polar surface area (TPSA) is 63.2 Å². The molecule has 3 aliphatic rings. The molecule has 0 radical (unpaired) electrons. The summed E-state index contributed by atoms with van der Waals surface area (Å²) in [7, 11) is 1.59. The number of benzene rings is 3. The Labute approximate surface area is 190 Å². The lowest BCUT2D eigenvalue weighted by Crippen LogP contribution is -2.55. The molecule has 1 amide bonds. The van der Waals surface area contributed by atoms with Crippen molar-refractivity contribution in [2.45, 2.75) is 31.5 Å². The molecule has 3 aromatic carbocycles. The highest BCUT2D eigenvalue weighted by atomic mass is 19.1. The van der Waals surface area contributed by atoms with Crippen molar-refractivity contribution in [3.8, 4) is 11.5 Å². The van der Waals surface area contributed by atoms with Crippen molar-refractivity contribution in [1.29, 1.82) is 0 Å². The first-order valence-corrected chi connectivity index (χ1v) is 11.0. The number of anilines is 1. The van der Waals surface area contributed by atoms with E-state index in [0.29, 0.717) is 23.6 Å². The monoisotopic (exact) mass is 443 g/mol. The molecule has 2 atom stereocenters. The van der Waals surface area contributed by atoms with Crippen molar-refractivity contribution < 1.29 is 18.7 Å². The molecule has 1 spiro atoms. The van der Waals surface area contributed by atoms with Crippen LogP contribution in [0.15, 0.2) is 65.8 Å². The summed E-state index contributed by atoms with van der Waals surface area (Å²) in [5.74, 6) is 0.508. The van der Waals surface area contributed by atoms with Crippen LogP contribution in [0, 0.1) is 5.82 Å². The van der Waals surface area contributed by atoms with Crippen LogP contribution in [0.25, 0.3) is 0 Å². The average Bonchev–Trinajstić information content (AvgIpc) is 3.40. The Hall–Kier alpha value is -3.87. The van der Waals surface area contributed by atoms with E-state index < -0.39 is 5.72 Å². The van der Waals surface area contributed by atoms with Crippen molar-refractivity contribution >= 4 is 17.3 Å². The van der Waals surface area contributed by atoms with Gasteiger partial charge in [-0.05, 0) is 47.9 Å². The average molecular weight is 443 g/mol. The van der Waals surface area contributed by atoms with Gasteiger partial charge in [-0.15, -0.1) is 0 Å². The molecule has 6 nitrogen and oxygen atoms in total. The van der Waals surface area contributed by atoms with E-state index in [1.165, 1.54) is 12.1 Å². The minimum Gasteiger partial charge on any atom is -0.493 e. The van der Waals surface area contributed by atoms with Gasteiger partial charge in [0.2, 0.25) is 0 Å². The summed E-state index contributed by atoms with van der Waals surface area (Å²) in [6, 6.07) is 17.7. The molecule has 3 heterocycles. The number of methoxy groups -OCH3 is 1. The van der Waals surface area contributed by atoms with E-state index in [4.69, 9.17) is 14.6 Å². The van der Waals surface area contributed by atoms with Gasteiger partial charge in [0.25, 0.3) is 5.91 Å². The van der Waals surface area contributed by atoms with E-state index in [0.717, 1.165) is 34.4 Å². The predicted octanol–water partition coefficient (Wildman–Crippen LogP) is 4.75. The number of carbonyl (C=O) groups is 1. The van der Waals surface area contributed by atoms with Crippen LogP contribution in [0.4, 0.5) is 10.1 Å². The second kappa shape index (κ2) is 7.07. The molecule has 0 saturated carbocycles. The van der Waals surface area contributed by atoms with Gasteiger partial charge in [-0.25, -0.2) is 9.40 Å². The van der Waals surface area contributed by atoms with Crippen molar-refractivity contribution in [3.05, 3.63) is 88.7 Å². The maximum Gasteiger partial charge on any atom is 0.306 e. The summed E-state index contributed by atoms with van der Waals surface area (Å²) < 4.78 is 25.7. The molecule has 166 valence electrons. The minimum atomic E-state index is -1.46. The second-order valence-electron chi connectivity index (χ2n) is 8.43. The quantitative estimate of drug-likeness (QED) is 0.635. The number of carbonyl (C=O) groups excluding carboxylic acids is 1. The van der Waals surface area contributed by atoms with Gasteiger partial charge in [0, 0.05) is 12.0 Å². The number of fused-ring (bicyclic) bond motifs is 6. The lowest BCUT2D eigenvalue weighted by Gasteiger charge is -2.44. The molecule has 0 aliphatic carbocycles. The number of nitrogens with one attached hydrogen (secondary N) is 1. The maximum absolute atomic E-state index is 13.6. The number of hydrogen-bond donors (Lipinski definition) is 1. The Balaban J connectivity index is 1.59. The van der Waals surface area contributed by atoms with Gasteiger partial charge in [-0.1, -0.05) is 37.3 Å². The van der Waals surface area contributed by atoms with E-state index >= 15 is 0 Å². The fourth-order valence-electron chi connectivity index (χ4n) is 4.98. The second-order valence-corrected chi connectivity index (χ2v) is 8.43. The lowest BCUT2D eigenvalue weighted by molar-refractivity contribution is -0.161. The van der Waals surface area contributed by atoms with Crippen LogP contribution in [0.2, 0.25) is 0 Å². The predicted molar refractivity (Wildman–Crippen MR) is 122 cm³/mol. The fraction of sp³-hybridized carbons (Fsp3) is 0.231. The highest BCUT2D eigenvalue weighted by molar-refractivity contribution is 6.07. The molecule has 3 aliphatic heterocycles.